The topological polar surface area (TPSA) is 119 Å². The number of carbonyl (C=O) groups excluding carboxylic acids is 2. The van der Waals surface area contributed by atoms with Gasteiger partial charge in [0.15, 0.2) is 0 Å². The molecule has 1 unspecified atom stereocenters. The van der Waals surface area contributed by atoms with E-state index in [2.05, 4.69) is 10.6 Å². The van der Waals surface area contributed by atoms with Crippen molar-refractivity contribution in [1.29, 1.82) is 0 Å². The summed E-state index contributed by atoms with van der Waals surface area (Å²) in [7, 11) is 0. The summed E-state index contributed by atoms with van der Waals surface area (Å²) in [5.41, 5.74) is 14.9. The number of anilines is 3. The SMILES string of the molecule is Nc1cc(F)ccc1NC(=O)c1ccc(NC(=O)OCc2ccc(C3C[C@@H]3N)cc2)cc1. The maximum atomic E-state index is 13.1. The molecule has 3 aromatic rings. The van der Waals surface area contributed by atoms with E-state index in [-0.39, 0.29) is 18.3 Å². The highest BCUT2D eigenvalue weighted by atomic mass is 19.1. The highest BCUT2D eigenvalue weighted by molar-refractivity contribution is 6.06. The van der Waals surface area contributed by atoms with Crippen molar-refractivity contribution in [2.24, 2.45) is 5.73 Å². The average Bonchev–Trinajstić information content (AvgIpc) is 3.51. The zero-order chi connectivity index (χ0) is 22.7. The molecule has 1 saturated carbocycles. The van der Waals surface area contributed by atoms with Gasteiger partial charge in [0.05, 0.1) is 11.4 Å². The van der Waals surface area contributed by atoms with Crippen LogP contribution in [0.15, 0.2) is 66.7 Å². The molecule has 2 amide bonds. The first-order valence-electron chi connectivity index (χ1n) is 10.1. The van der Waals surface area contributed by atoms with Gasteiger partial charge in [0.1, 0.15) is 12.4 Å². The summed E-state index contributed by atoms with van der Waals surface area (Å²) in [6.45, 7) is 0.141. The summed E-state index contributed by atoms with van der Waals surface area (Å²) >= 11 is 0. The minimum Gasteiger partial charge on any atom is -0.444 e. The van der Waals surface area contributed by atoms with Crippen LogP contribution in [0.5, 0.6) is 0 Å². The molecule has 164 valence electrons. The van der Waals surface area contributed by atoms with Crippen LogP contribution in [0.25, 0.3) is 0 Å². The Bertz CT molecular complexity index is 1130. The molecule has 1 aliphatic rings. The van der Waals surface area contributed by atoms with Gasteiger partial charge < -0.3 is 21.5 Å². The van der Waals surface area contributed by atoms with E-state index in [1.807, 2.05) is 24.3 Å². The molecule has 1 fully saturated rings. The van der Waals surface area contributed by atoms with Gasteiger partial charge in [-0.2, -0.15) is 0 Å². The Hall–Kier alpha value is -3.91. The maximum Gasteiger partial charge on any atom is 0.411 e. The van der Waals surface area contributed by atoms with E-state index in [1.54, 1.807) is 24.3 Å². The number of nitrogens with two attached hydrogens (primary N) is 2. The van der Waals surface area contributed by atoms with Gasteiger partial charge in [0.25, 0.3) is 5.91 Å². The fourth-order valence-electron chi connectivity index (χ4n) is 3.31. The summed E-state index contributed by atoms with van der Waals surface area (Å²) in [5, 5.41) is 5.24. The van der Waals surface area contributed by atoms with Crippen LogP contribution in [-0.4, -0.2) is 18.0 Å². The van der Waals surface area contributed by atoms with Crippen LogP contribution in [0, 0.1) is 5.82 Å². The first-order valence-corrected chi connectivity index (χ1v) is 10.1. The second-order valence-corrected chi connectivity index (χ2v) is 7.71. The third-order valence-corrected chi connectivity index (χ3v) is 5.27. The summed E-state index contributed by atoms with van der Waals surface area (Å²) in [5.74, 6) is -0.456. The van der Waals surface area contributed by atoms with Crippen LogP contribution >= 0.6 is 0 Å². The van der Waals surface area contributed by atoms with Gasteiger partial charge in [0.2, 0.25) is 0 Å². The van der Waals surface area contributed by atoms with Crippen molar-refractivity contribution in [2.45, 2.75) is 25.0 Å². The van der Waals surface area contributed by atoms with Crippen molar-refractivity contribution in [3.8, 4) is 0 Å². The fraction of sp³-hybridized carbons (Fsp3) is 0.167. The second kappa shape index (κ2) is 9.07. The Kier molecular flexibility index (Phi) is 6.04. The molecule has 8 heteroatoms. The molecule has 7 nitrogen and oxygen atoms in total. The minimum absolute atomic E-state index is 0.130. The van der Waals surface area contributed by atoms with Gasteiger partial charge in [-0.3, -0.25) is 10.1 Å². The first kappa shape index (κ1) is 21.3. The van der Waals surface area contributed by atoms with E-state index in [0.29, 0.717) is 22.9 Å². The molecular formula is C24H23FN4O3. The Morgan fingerprint density at radius 3 is 2.31 bits per heavy atom. The number of halogens is 1. The second-order valence-electron chi connectivity index (χ2n) is 7.71. The number of rotatable bonds is 6. The number of carbonyl (C=O) groups is 2. The standard InChI is InChI=1S/C24H23FN4O3/c25-17-7-10-22(21(27)11-17)29-23(30)16-5-8-18(9-6-16)28-24(31)32-13-14-1-3-15(4-2-14)19-12-20(19)26/h1-11,19-20H,12-13,26-27H2,(H,28,31)(H,29,30)/t19?,20-/m0/s1. The highest BCUT2D eigenvalue weighted by Crippen LogP contribution is 2.38. The predicted molar refractivity (Wildman–Crippen MR) is 121 cm³/mol. The Labute approximate surface area is 184 Å². The van der Waals surface area contributed by atoms with Gasteiger partial charge in [-0.25, -0.2) is 9.18 Å². The van der Waals surface area contributed by atoms with Gasteiger partial charge in [-0.05, 0) is 60.0 Å². The van der Waals surface area contributed by atoms with Crippen molar-refractivity contribution in [3.63, 3.8) is 0 Å². The molecule has 3 aromatic carbocycles. The summed E-state index contributed by atoms with van der Waals surface area (Å²) in [4.78, 5) is 24.4. The molecule has 0 saturated heterocycles. The van der Waals surface area contributed by atoms with Gasteiger partial charge in [-0.1, -0.05) is 24.3 Å². The quantitative estimate of drug-likeness (QED) is 0.433. The summed E-state index contributed by atoms with van der Waals surface area (Å²) < 4.78 is 18.4. The molecule has 0 radical (unpaired) electrons. The van der Waals surface area contributed by atoms with Crippen LogP contribution in [0.1, 0.15) is 33.8 Å². The molecular weight excluding hydrogens is 411 g/mol. The van der Waals surface area contributed by atoms with E-state index in [9.17, 15) is 14.0 Å². The van der Waals surface area contributed by atoms with Gasteiger partial charge in [-0.15, -0.1) is 0 Å². The first-order chi connectivity index (χ1) is 15.4. The molecule has 4 rings (SSSR count). The van der Waals surface area contributed by atoms with Gasteiger partial charge >= 0.3 is 6.09 Å². The number of amides is 2. The molecule has 1 aliphatic carbocycles. The predicted octanol–water partition coefficient (Wildman–Crippen LogP) is 4.22. The molecule has 0 spiro atoms. The fourth-order valence-corrected chi connectivity index (χ4v) is 3.31. The number of nitrogens with one attached hydrogen (secondary N) is 2. The van der Waals surface area contributed by atoms with E-state index in [4.69, 9.17) is 16.2 Å². The Morgan fingerprint density at radius 2 is 1.69 bits per heavy atom. The molecule has 0 aromatic heterocycles. The van der Waals surface area contributed by atoms with Crippen molar-refractivity contribution in [2.75, 3.05) is 16.4 Å². The van der Waals surface area contributed by atoms with Crippen LogP contribution in [0.4, 0.5) is 26.2 Å². The van der Waals surface area contributed by atoms with Crippen LogP contribution in [0.2, 0.25) is 0 Å². The third-order valence-electron chi connectivity index (χ3n) is 5.27. The van der Waals surface area contributed by atoms with E-state index in [1.165, 1.54) is 17.7 Å². The monoisotopic (exact) mass is 434 g/mol. The zero-order valence-electron chi connectivity index (χ0n) is 17.2. The van der Waals surface area contributed by atoms with Crippen LogP contribution in [-0.2, 0) is 11.3 Å². The van der Waals surface area contributed by atoms with Crippen molar-refractivity contribution in [3.05, 3.63) is 89.2 Å². The number of ether oxygens (including phenoxy) is 1. The smallest absolute Gasteiger partial charge is 0.411 e. The van der Waals surface area contributed by atoms with Gasteiger partial charge in [0, 0.05) is 23.2 Å². The third kappa shape index (κ3) is 5.22. The number of hydrogen-bond donors (Lipinski definition) is 4. The lowest BCUT2D eigenvalue weighted by Gasteiger charge is -2.10. The lowest BCUT2D eigenvalue weighted by atomic mass is 10.1. The summed E-state index contributed by atoms with van der Waals surface area (Å²) in [6.07, 6.45) is 0.411. The van der Waals surface area contributed by atoms with Crippen LogP contribution < -0.4 is 22.1 Å². The van der Waals surface area contributed by atoms with Crippen molar-refractivity contribution in [1.82, 2.24) is 0 Å². The van der Waals surface area contributed by atoms with Crippen LogP contribution in [0.3, 0.4) is 0 Å². The lowest BCUT2D eigenvalue weighted by molar-refractivity contribution is 0.102. The Morgan fingerprint density at radius 1 is 1.00 bits per heavy atom. The maximum absolute atomic E-state index is 13.1. The summed E-state index contributed by atoms with van der Waals surface area (Å²) in [6, 6.07) is 18.1. The molecule has 0 bridgehead atoms. The normalized spacial score (nSPS) is 16.8. The average molecular weight is 434 g/mol. The largest absolute Gasteiger partial charge is 0.444 e. The highest BCUT2D eigenvalue weighted by Gasteiger charge is 2.34. The van der Waals surface area contributed by atoms with E-state index < -0.39 is 17.8 Å². The number of hydrogen-bond acceptors (Lipinski definition) is 5. The molecule has 6 N–H and O–H groups in total. The number of nitrogen functional groups attached to an aromatic ring is 1. The van der Waals surface area contributed by atoms with E-state index in [0.717, 1.165) is 18.1 Å². The zero-order valence-corrected chi connectivity index (χ0v) is 17.2. The number of benzene rings is 3. The van der Waals surface area contributed by atoms with Crippen molar-refractivity contribution >= 4 is 29.1 Å². The van der Waals surface area contributed by atoms with Crippen molar-refractivity contribution < 1.29 is 18.7 Å². The molecule has 0 heterocycles. The lowest BCUT2D eigenvalue weighted by Crippen LogP contribution is -2.15. The molecule has 32 heavy (non-hydrogen) atoms. The Balaban J connectivity index is 1.27. The minimum atomic E-state index is -0.602. The van der Waals surface area contributed by atoms with E-state index >= 15 is 0 Å². The molecule has 0 aliphatic heterocycles. The molecule has 2 atom stereocenters.